The Morgan fingerprint density at radius 3 is 1.85 bits per heavy atom. The monoisotopic (exact) mass is 273 g/mol. The molecule has 0 radical (unpaired) electrons. The summed E-state index contributed by atoms with van der Waals surface area (Å²) in [4.78, 5) is 2.00. The van der Waals surface area contributed by atoms with Crippen molar-refractivity contribution >= 4 is 5.57 Å². The van der Waals surface area contributed by atoms with Gasteiger partial charge in [0.15, 0.2) is 0 Å². The molecule has 0 atom stereocenters. The van der Waals surface area contributed by atoms with Crippen molar-refractivity contribution < 1.29 is 8.78 Å². The first-order valence-corrected chi connectivity index (χ1v) is 6.43. The number of rotatable bonds is 4. The quantitative estimate of drug-likeness (QED) is 0.815. The molecule has 0 bridgehead atoms. The number of hydrogen-bond donors (Lipinski definition) is 0. The lowest BCUT2D eigenvalue weighted by molar-refractivity contribution is 0.457. The third-order valence-electron chi connectivity index (χ3n) is 2.93. The zero-order chi connectivity index (χ0) is 14.5. The standard InChI is InChI=1S/C17H17F2N/c1-20(2)10-9-17(13-5-3-7-15(18)11-13)14-6-4-8-16(19)12-14/h3-9,11-12H,10H2,1-2H3. The van der Waals surface area contributed by atoms with E-state index in [1.54, 1.807) is 12.1 Å². The lowest BCUT2D eigenvalue weighted by Crippen LogP contribution is -2.11. The third-order valence-corrected chi connectivity index (χ3v) is 2.93. The molecule has 20 heavy (non-hydrogen) atoms. The summed E-state index contributed by atoms with van der Waals surface area (Å²) < 4.78 is 26.8. The van der Waals surface area contributed by atoms with Crippen LogP contribution in [0.25, 0.3) is 5.57 Å². The summed E-state index contributed by atoms with van der Waals surface area (Å²) in [5.74, 6) is -0.593. The lowest BCUT2D eigenvalue weighted by atomic mass is 9.97. The van der Waals surface area contributed by atoms with E-state index in [2.05, 4.69) is 0 Å². The van der Waals surface area contributed by atoms with Crippen LogP contribution in [0.15, 0.2) is 54.6 Å². The van der Waals surface area contributed by atoms with Gasteiger partial charge in [-0.15, -0.1) is 0 Å². The zero-order valence-electron chi connectivity index (χ0n) is 11.6. The number of benzene rings is 2. The Balaban J connectivity index is 2.47. The molecule has 0 saturated heterocycles. The molecular weight excluding hydrogens is 256 g/mol. The fraction of sp³-hybridized carbons (Fsp3) is 0.176. The van der Waals surface area contributed by atoms with Crippen LogP contribution in [0.2, 0.25) is 0 Å². The molecule has 2 aromatic carbocycles. The Morgan fingerprint density at radius 1 is 0.950 bits per heavy atom. The summed E-state index contributed by atoms with van der Waals surface area (Å²) in [6.45, 7) is 0.697. The molecule has 0 aliphatic rings. The summed E-state index contributed by atoms with van der Waals surface area (Å²) in [6, 6.07) is 12.7. The van der Waals surface area contributed by atoms with Crippen LogP contribution in [-0.4, -0.2) is 25.5 Å². The van der Waals surface area contributed by atoms with Crippen molar-refractivity contribution in [3.8, 4) is 0 Å². The molecule has 0 aliphatic heterocycles. The maximum atomic E-state index is 13.4. The van der Waals surface area contributed by atoms with Gasteiger partial charge >= 0.3 is 0 Å². The maximum Gasteiger partial charge on any atom is 0.123 e. The van der Waals surface area contributed by atoms with Gasteiger partial charge < -0.3 is 4.90 Å². The van der Waals surface area contributed by atoms with Gasteiger partial charge in [-0.05, 0) is 55.1 Å². The molecule has 1 nitrogen and oxygen atoms in total. The van der Waals surface area contributed by atoms with Crippen molar-refractivity contribution in [1.82, 2.24) is 4.90 Å². The van der Waals surface area contributed by atoms with E-state index in [9.17, 15) is 8.78 Å². The first-order valence-electron chi connectivity index (χ1n) is 6.43. The van der Waals surface area contributed by atoms with Crippen LogP contribution in [0, 0.1) is 11.6 Å². The smallest absolute Gasteiger partial charge is 0.123 e. The van der Waals surface area contributed by atoms with Crippen LogP contribution in [0.5, 0.6) is 0 Å². The molecule has 2 aromatic rings. The van der Waals surface area contributed by atoms with Gasteiger partial charge in [0.05, 0.1) is 0 Å². The molecular formula is C17H17F2N. The zero-order valence-corrected chi connectivity index (χ0v) is 11.6. The van der Waals surface area contributed by atoms with Gasteiger partial charge in [0.1, 0.15) is 11.6 Å². The molecule has 2 rings (SSSR count). The summed E-state index contributed by atoms with van der Waals surface area (Å²) in [7, 11) is 3.90. The highest BCUT2D eigenvalue weighted by molar-refractivity contribution is 5.79. The van der Waals surface area contributed by atoms with Crippen molar-refractivity contribution in [2.24, 2.45) is 0 Å². The van der Waals surface area contributed by atoms with Crippen LogP contribution >= 0.6 is 0 Å². The molecule has 0 N–H and O–H groups in total. The molecule has 0 fully saturated rings. The molecule has 0 aliphatic carbocycles. The van der Waals surface area contributed by atoms with E-state index >= 15 is 0 Å². The number of nitrogens with zero attached hydrogens (tertiary/aromatic N) is 1. The van der Waals surface area contributed by atoms with E-state index in [-0.39, 0.29) is 11.6 Å². The van der Waals surface area contributed by atoms with Gasteiger partial charge in [-0.1, -0.05) is 30.3 Å². The molecule has 0 saturated carbocycles. The van der Waals surface area contributed by atoms with E-state index in [0.717, 1.165) is 16.7 Å². The van der Waals surface area contributed by atoms with Crippen LogP contribution in [0.4, 0.5) is 8.78 Å². The maximum absolute atomic E-state index is 13.4. The largest absolute Gasteiger partial charge is 0.306 e. The fourth-order valence-corrected chi connectivity index (χ4v) is 1.99. The highest BCUT2D eigenvalue weighted by Crippen LogP contribution is 2.24. The lowest BCUT2D eigenvalue weighted by Gasteiger charge is -2.12. The first kappa shape index (κ1) is 14.4. The Labute approximate surface area is 118 Å². The number of hydrogen-bond acceptors (Lipinski definition) is 1. The molecule has 3 heteroatoms. The normalized spacial score (nSPS) is 10.7. The Kier molecular flexibility index (Phi) is 4.64. The molecule has 0 aromatic heterocycles. The predicted molar refractivity (Wildman–Crippen MR) is 78.4 cm³/mol. The molecule has 0 heterocycles. The minimum Gasteiger partial charge on any atom is -0.306 e. The highest BCUT2D eigenvalue weighted by atomic mass is 19.1. The molecule has 0 spiro atoms. The van der Waals surface area contributed by atoms with Crippen LogP contribution in [-0.2, 0) is 0 Å². The summed E-state index contributed by atoms with van der Waals surface area (Å²) in [5.41, 5.74) is 2.33. The van der Waals surface area contributed by atoms with E-state index in [1.165, 1.54) is 24.3 Å². The van der Waals surface area contributed by atoms with Crippen molar-refractivity contribution in [3.05, 3.63) is 77.4 Å². The SMILES string of the molecule is CN(C)CC=C(c1cccc(F)c1)c1cccc(F)c1. The second-order valence-electron chi connectivity index (χ2n) is 4.90. The van der Waals surface area contributed by atoms with E-state index in [1.807, 2.05) is 37.2 Å². The number of halogens is 2. The second kappa shape index (κ2) is 6.44. The summed E-state index contributed by atoms with van der Waals surface area (Å²) in [6.07, 6.45) is 1.98. The van der Waals surface area contributed by atoms with Gasteiger partial charge in [0, 0.05) is 6.54 Å². The van der Waals surface area contributed by atoms with E-state index < -0.39 is 0 Å². The Bertz CT molecular complexity index is 570. The second-order valence-corrected chi connectivity index (χ2v) is 4.90. The average molecular weight is 273 g/mol. The topological polar surface area (TPSA) is 3.24 Å². The Morgan fingerprint density at radius 2 is 1.45 bits per heavy atom. The van der Waals surface area contributed by atoms with Gasteiger partial charge in [0.25, 0.3) is 0 Å². The van der Waals surface area contributed by atoms with Gasteiger partial charge in [-0.2, -0.15) is 0 Å². The van der Waals surface area contributed by atoms with Gasteiger partial charge in [0.2, 0.25) is 0 Å². The predicted octanol–water partition coefficient (Wildman–Crippen LogP) is 3.96. The van der Waals surface area contributed by atoms with Crippen molar-refractivity contribution in [3.63, 3.8) is 0 Å². The van der Waals surface area contributed by atoms with Crippen LogP contribution in [0.3, 0.4) is 0 Å². The summed E-state index contributed by atoms with van der Waals surface area (Å²) in [5, 5.41) is 0. The van der Waals surface area contributed by atoms with Crippen LogP contribution < -0.4 is 0 Å². The molecule has 0 amide bonds. The fourth-order valence-electron chi connectivity index (χ4n) is 1.99. The minimum absolute atomic E-state index is 0.297. The third kappa shape index (κ3) is 3.75. The first-order chi connectivity index (χ1) is 9.56. The van der Waals surface area contributed by atoms with Crippen LogP contribution in [0.1, 0.15) is 11.1 Å². The van der Waals surface area contributed by atoms with Crippen molar-refractivity contribution in [1.29, 1.82) is 0 Å². The molecule has 0 unspecified atom stereocenters. The minimum atomic E-state index is -0.297. The molecule has 104 valence electrons. The Hall–Kier alpha value is -2.00. The average Bonchev–Trinajstić information content (AvgIpc) is 2.39. The van der Waals surface area contributed by atoms with Crippen molar-refractivity contribution in [2.75, 3.05) is 20.6 Å². The summed E-state index contributed by atoms with van der Waals surface area (Å²) >= 11 is 0. The van der Waals surface area contributed by atoms with Crippen molar-refractivity contribution in [2.45, 2.75) is 0 Å². The van der Waals surface area contributed by atoms with Gasteiger partial charge in [-0.25, -0.2) is 8.78 Å². The number of likely N-dealkylation sites (N-methyl/N-ethyl adjacent to an activating group) is 1. The highest BCUT2D eigenvalue weighted by Gasteiger charge is 2.07. The van der Waals surface area contributed by atoms with E-state index in [4.69, 9.17) is 0 Å². The van der Waals surface area contributed by atoms with Gasteiger partial charge in [-0.3, -0.25) is 0 Å². The van der Waals surface area contributed by atoms with E-state index in [0.29, 0.717) is 6.54 Å².